The maximum atomic E-state index is 12.7. The summed E-state index contributed by atoms with van der Waals surface area (Å²) < 4.78 is 27.0. The maximum Gasteiger partial charge on any atom is 0.255 e. The molecule has 132 valence electrons. The van der Waals surface area contributed by atoms with Gasteiger partial charge in [0.2, 0.25) is 10.0 Å². The normalized spacial score (nSPS) is 16.2. The quantitative estimate of drug-likeness (QED) is 0.910. The minimum Gasteiger partial charge on any atom is -0.322 e. The molecule has 25 heavy (non-hydrogen) atoms. The summed E-state index contributed by atoms with van der Waals surface area (Å²) in [5, 5.41) is 2.75. The number of nitrogens with zero attached hydrogens (tertiary/aromatic N) is 2. The number of hydrogen-bond acceptors (Lipinski definition) is 4. The fourth-order valence-electron chi connectivity index (χ4n) is 2.85. The van der Waals surface area contributed by atoms with E-state index in [1.54, 1.807) is 53.1 Å². The number of pyridine rings is 1. The number of anilines is 1. The van der Waals surface area contributed by atoms with Crippen LogP contribution in [0.3, 0.4) is 0 Å². The number of sulfonamides is 1. The highest BCUT2D eigenvalue weighted by atomic mass is 32.2. The third-order valence-electron chi connectivity index (χ3n) is 4.26. The fourth-order valence-corrected chi connectivity index (χ4v) is 4.36. The Labute approximate surface area is 147 Å². The van der Waals surface area contributed by atoms with E-state index in [1.807, 2.05) is 0 Å². The van der Waals surface area contributed by atoms with Crippen LogP contribution < -0.4 is 5.32 Å². The summed E-state index contributed by atoms with van der Waals surface area (Å²) in [6.45, 7) is 1.14. The minimum absolute atomic E-state index is 0.259. The van der Waals surface area contributed by atoms with Crippen LogP contribution in [0.4, 0.5) is 5.69 Å². The molecule has 1 fully saturated rings. The molecule has 0 spiro atoms. The van der Waals surface area contributed by atoms with Crippen molar-refractivity contribution < 1.29 is 13.2 Å². The van der Waals surface area contributed by atoms with Crippen LogP contribution in [0.1, 0.15) is 36.0 Å². The highest BCUT2D eigenvalue weighted by Gasteiger charge is 2.24. The van der Waals surface area contributed by atoms with E-state index in [-0.39, 0.29) is 10.8 Å². The lowest BCUT2D eigenvalue weighted by atomic mass is 10.2. The zero-order valence-electron chi connectivity index (χ0n) is 13.9. The van der Waals surface area contributed by atoms with Gasteiger partial charge in [-0.05, 0) is 49.2 Å². The van der Waals surface area contributed by atoms with Gasteiger partial charge in [-0.15, -0.1) is 0 Å². The average molecular weight is 359 g/mol. The molecule has 1 aliphatic rings. The summed E-state index contributed by atoms with van der Waals surface area (Å²) >= 11 is 0. The van der Waals surface area contributed by atoms with Gasteiger partial charge in [-0.3, -0.25) is 9.78 Å². The minimum atomic E-state index is -3.47. The van der Waals surface area contributed by atoms with E-state index < -0.39 is 10.0 Å². The first-order chi connectivity index (χ1) is 12.1. The van der Waals surface area contributed by atoms with Crippen LogP contribution >= 0.6 is 0 Å². The van der Waals surface area contributed by atoms with Crippen molar-refractivity contribution in [2.75, 3.05) is 18.4 Å². The number of aromatic nitrogens is 1. The van der Waals surface area contributed by atoms with E-state index in [1.165, 1.54) is 0 Å². The molecule has 2 aromatic rings. The summed E-state index contributed by atoms with van der Waals surface area (Å²) in [6, 6.07) is 9.55. The van der Waals surface area contributed by atoms with Gasteiger partial charge in [-0.25, -0.2) is 8.42 Å². The molecule has 1 aromatic heterocycles. The molecular formula is C18H21N3O3S. The molecule has 2 heterocycles. The fraction of sp³-hybridized carbons (Fsp3) is 0.333. The molecule has 1 saturated heterocycles. The van der Waals surface area contributed by atoms with Crippen molar-refractivity contribution in [3.05, 3.63) is 54.4 Å². The lowest BCUT2D eigenvalue weighted by Crippen LogP contribution is -2.31. The molecule has 0 radical (unpaired) electrons. The number of nitrogens with one attached hydrogen (secondary N) is 1. The predicted octanol–water partition coefficient (Wildman–Crippen LogP) is 2.90. The second kappa shape index (κ2) is 7.76. The largest absolute Gasteiger partial charge is 0.322 e. The molecule has 0 aliphatic carbocycles. The van der Waals surface area contributed by atoms with Crippen LogP contribution in [0.5, 0.6) is 0 Å². The standard InChI is InChI=1S/C18H21N3O3S/c22-18(15-9-11-19-12-10-15)20-16-5-7-17(8-6-16)25(23,24)21-13-3-1-2-4-14-21/h5-12H,1-4,13-14H2,(H,20,22). The lowest BCUT2D eigenvalue weighted by Gasteiger charge is -2.20. The Morgan fingerprint density at radius 3 is 2.12 bits per heavy atom. The van der Waals surface area contributed by atoms with Gasteiger partial charge in [0, 0.05) is 36.7 Å². The topological polar surface area (TPSA) is 79.4 Å². The summed E-state index contributed by atoms with van der Waals surface area (Å²) in [5.74, 6) is -0.259. The van der Waals surface area contributed by atoms with Gasteiger partial charge >= 0.3 is 0 Å². The SMILES string of the molecule is O=C(Nc1ccc(S(=O)(=O)N2CCCCCC2)cc1)c1ccncc1. The van der Waals surface area contributed by atoms with Crippen molar-refractivity contribution in [3.8, 4) is 0 Å². The van der Waals surface area contributed by atoms with Gasteiger partial charge < -0.3 is 5.32 Å². The molecule has 7 heteroatoms. The van der Waals surface area contributed by atoms with E-state index in [0.29, 0.717) is 24.3 Å². The van der Waals surface area contributed by atoms with Crippen LogP contribution in [0.15, 0.2) is 53.7 Å². The summed E-state index contributed by atoms with van der Waals surface area (Å²) in [4.78, 5) is 16.2. The molecule has 1 aliphatic heterocycles. The molecule has 3 rings (SSSR count). The van der Waals surface area contributed by atoms with Gasteiger partial charge in [0.1, 0.15) is 0 Å². The predicted molar refractivity (Wildman–Crippen MR) is 95.9 cm³/mol. The summed E-state index contributed by atoms with van der Waals surface area (Å²) in [7, 11) is -3.47. The lowest BCUT2D eigenvalue weighted by molar-refractivity contribution is 0.102. The second-order valence-electron chi connectivity index (χ2n) is 6.03. The maximum absolute atomic E-state index is 12.7. The molecule has 6 nitrogen and oxygen atoms in total. The van der Waals surface area contributed by atoms with Crippen molar-refractivity contribution in [2.24, 2.45) is 0 Å². The van der Waals surface area contributed by atoms with Crippen LogP contribution in [0.25, 0.3) is 0 Å². The van der Waals surface area contributed by atoms with Gasteiger partial charge in [0.15, 0.2) is 0 Å². The first kappa shape index (κ1) is 17.6. The van der Waals surface area contributed by atoms with Crippen molar-refractivity contribution in [1.29, 1.82) is 0 Å². The zero-order valence-corrected chi connectivity index (χ0v) is 14.7. The van der Waals surface area contributed by atoms with Crippen LogP contribution in [-0.2, 0) is 10.0 Å². The van der Waals surface area contributed by atoms with E-state index in [2.05, 4.69) is 10.3 Å². The number of benzene rings is 1. The third kappa shape index (κ3) is 4.24. The Bertz CT molecular complexity index is 812. The highest BCUT2D eigenvalue weighted by molar-refractivity contribution is 7.89. The summed E-state index contributed by atoms with van der Waals surface area (Å²) in [5.41, 5.74) is 1.05. The van der Waals surface area contributed by atoms with Gasteiger partial charge in [0.25, 0.3) is 5.91 Å². The number of rotatable bonds is 4. The van der Waals surface area contributed by atoms with E-state index >= 15 is 0 Å². The third-order valence-corrected chi connectivity index (χ3v) is 6.17. The number of carbonyl (C=O) groups excluding carboxylic acids is 1. The average Bonchev–Trinajstić information content (AvgIpc) is 2.93. The molecular weight excluding hydrogens is 338 g/mol. The van der Waals surface area contributed by atoms with Crippen LogP contribution in [0.2, 0.25) is 0 Å². The van der Waals surface area contributed by atoms with Crippen molar-refractivity contribution in [1.82, 2.24) is 9.29 Å². The van der Waals surface area contributed by atoms with Crippen LogP contribution in [-0.4, -0.2) is 36.7 Å². The molecule has 0 saturated carbocycles. The molecule has 1 amide bonds. The Hall–Kier alpha value is -2.25. The number of hydrogen-bond donors (Lipinski definition) is 1. The van der Waals surface area contributed by atoms with Crippen molar-refractivity contribution in [2.45, 2.75) is 30.6 Å². The Kier molecular flexibility index (Phi) is 5.45. The second-order valence-corrected chi connectivity index (χ2v) is 7.97. The van der Waals surface area contributed by atoms with E-state index in [9.17, 15) is 13.2 Å². The Balaban J connectivity index is 1.72. The smallest absolute Gasteiger partial charge is 0.255 e. The zero-order chi connectivity index (χ0) is 17.7. The molecule has 1 aromatic carbocycles. The Morgan fingerprint density at radius 2 is 1.52 bits per heavy atom. The van der Waals surface area contributed by atoms with Crippen molar-refractivity contribution >= 4 is 21.6 Å². The first-order valence-corrected chi connectivity index (χ1v) is 9.83. The number of amides is 1. The van der Waals surface area contributed by atoms with Crippen molar-refractivity contribution in [3.63, 3.8) is 0 Å². The Morgan fingerprint density at radius 1 is 0.920 bits per heavy atom. The highest BCUT2D eigenvalue weighted by Crippen LogP contribution is 2.22. The van der Waals surface area contributed by atoms with Gasteiger partial charge in [0.05, 0.1) is 4.90 Å². The molecule has 0 atom stereocenters. The van der Waals surface area contributed by atoms with E-state index in [4.69, 9.17) is 0 Å². The molecule has 0 bridgehead atoms. The molecule has 1 N–H and O–H groups in total. The summed E-state index contributed by atoms with van der Waals surface area (Å²) in [6.07, 6.45) is 7.05. The van der Waals surface area contributed by atoms with Gasteiger partial charge in [-0.1, -0.05) is 12.8 Å². The monoisotopic (exact) mass is 359 g/mol. The van der Waals surface area contributed by atoms with Crippen LogP contribution in [0, 0.1) is 0 Å². The molecule has 0 unspecified atom stereocenters. The first-order valence-electron chi connectivity index (χ1n) is 8.39. The van der Waals surface area contributed by atoms with Gasteiger partial charge in [-0.2, -0.15) is 4.31 Å². The van der Waals surface area contributed by atoms with E-state index in [0.717, 1.165) is 25.7 Å². The number of carbonyl (C=O) groups is 1.